The molecule has 1 amide bonds. The van der Waals surface area contributed by atoms with Crippen LogP contribution in [-0.2, 0) is 18.4 Å². The Balaban J connectivity index is 2.47. The third-order valence-electron chi connectivity index (χ3n) is 2.51. The van der Waals surface area contributed by atoms with Crippen molar-refractivity contribution in [2.24, 2.45) is 12.8 Å². The number of hydrogen-bond donors (Lipinski definition) is 2. The monoisotopic (exact) mass is 210 g/mol. The van der Waals surface area contributed by atoms with Gasteiger partial charge >= 0.3 is 0 Å². The Morgan fingerprint density at radius 1 is 1.53 bits per heavy atom. The van der Waals surface area contributed by atoms with Gasteiger partial charge in [-0.05, 0) is 13.8 Å². The fraction of sp³-hybridized carbons (Fsp3) is 0.600. The van der Waals surface area contributed by atoms with Crippen LogP contribution in [0, 0.1) is 13.8 Å². The second-order valence-corrected chi connectivity index (χ2v) is 3.67. The van der Waals surface area contributed by atoms with E-state index in [0.717, 1.165) is 17.9 Å². The molecule has 0 aliphatic heterocycles. The highest BCUT2D eigenvalue weighted by Crippen LogP contribution is 2.10. The number of amides is 1. The number of nitrogens with zero attached hydrogens (tertiary/aromatic N) is 2. The summed E-state index contributed by atoms with van der Waals surface area (Å²) < 4.78 is 1.86. The molecule has 3 N–H and O–H groups in total. The molecular weight excluding hydrogens is 192 g/mol. The van der Waals surface area contributed by atoms with Crippen molar-refractivity contribution in [3.8, 4) is 0 Å². The van der Waals surface area contributed by atoms with Crippen LogP contribution in [0.4, 0.5) is 0 Å². The summed E-state index contributed by atoms with van der Waals surface area (Å²) >= 11 is 0. The molecule has 1 heterocycles. The molecule has 1 aromatic heterocycles. The largest absolute Gasteiger partial charge is 0.370 e. The van der Waals surface area contributed by atoms with Crippen LogP contribution >= 0.6 is 0 Å². The van der Waals surface area contributed by atoms with Gasteiger partial charge in [-0.15, -0.1) is 0 Å². The van der Waals surface area contributed by atoms with E-state index in [1.165, 1.54) is 5.56 Å². The van der Waals surface area contributed by atoms with Crippen molar-refractivity contribution in [2.45, 2.75) is 26.8 Å². The van der Waals surface area contributed by atoms with Gasteiger partial charge in [0.2, 0.25) is 5.91 Å². The number of aromatic nitrogens is 2. The molecular formula is C10H18N4O. The molecule has 5 heteroatoms. The van der Waals surface area contributed by atoms with Crippen LogP contribution in [0.25, 0.3) is 0 Å². The lowest BCUT2D eigenvalue weighted by Gasteiger charge is -2.03. The van der Waals surface area contributed by atoms with Crippen molar-refractivity contribution in [2.75, 3.05) is 6.54 Å². The average Bonchev–Trinajstić information content (AvgIpc) is 2.37. The molecule has 0 saturated carbocycles. The molecule has 1 aromatic rings. The van der Waals surface area contributed by atoms with Crippen LogP contribution in [0.2, 0.25) is 0 Å². The van der Waals surface area contributed by atoms with Gasteiger partial charge in [-0.1, -0.05) is 0 Å². The minimum Gasteiger partial charge on any atom is -0.370 e. The zero-order valence-electron chi connectivity index (χ0n) is 9.50. The Hall–Kier alpha value is -1.36. The first-order valence-corrected chi connectivity index (χ1v) is 5.00. The molecule has 0 saturated heterocycles. The zero-order valence-corrected chi connectivity index (χ0v) is 9.50. The van der Waals surface area contributed by atoms with Crippen molar-refractivity contribution in [3.63, 3.8) is 0 Å². The summed E-state index contributed by atoms with van der Waals surface area (Å²) in [5, 5.41) is 7.48. The fourth-order valence-corrected chi connectivity index (χ4v) is 1.50. The fourth-order valence-electron chi connectivity index (χ4n) is 1.50. The molecule has 0 spiro atoms. The molecule has 0 radical (unpaired) electrons. The van der Waals surface area contributed by atoms with E-state index in [1.54, 1.807) is 0 Å². The first-order chi connectivity index (χ1) is 7.02. The standard InChI is InChI=1S/C10H18N4O/c1-7-9(8(2)14(3)13-7)6-12-5-4-10(11)15/h12H,4-6H2,1-3H3,(H2,11,15). The average molecular weight is 210 g/mol. The zero-order chi connectivity index (χ0) is 11.4. The molecule has 0 bridgehead atoms. The summed E-state index contributed by atoms with van der Waals surface area (Å²) in [7, 11) is 1.93. The predicted molar refractivity (Wildman–Crippen MR) is 58.2 cm³/mol. The summed E-state index contributed by atoms with van der Waals surface area (Å²) in [5.41, 5.74) is 8.42. The molecule has 0 unspecified atom stereocenters. The van der Waals surface area contributed by atoms with Gasteiger partial charge in [0, 0.05) is 37.8 Å². The van der Waals surface area contributed by atoms with E-state index in [-0.39, 0.29) is 5.91 Å². The van der Waals surface area contributed by atoms with Crippen LogP contribution < -0.4 is 11.1 Å². The van der Waals surface area contributed by atoms with E-state index >= 15 is 0 Å². The van der Waals surface area contributed by atoms with E-state index in [1.807, 2.05) is 25.6 Å². The van der Waals surface area contributed by atoms with Crippen LogP contribution in [0.15, 0.2) is 0 Å². The van der Waals surface area contributed by atoms with Crippen molar-refractivity contribution in [1.82, 2.24) is 15.1 Å². The number of carbonyl (C=O) groups is 1. The number of primary amides is 1. The van der Waals surface area contributed by atoms with E-state index in [0.29, 0.717) is 13.0 Å². The van der Waals surface area contributed by atoms with Gasteiger partial charge in [0.1, 0.15) is 0 Å². The maximum Gasteiger partial charge on any atom is 0.218 e. The van der Waals surface area contributed by atoms with Crippen molar-refractivity contribution in [1.29, 1.82) is 0 Å². The van der Waals surface area contributed by atoms with Gasteiger partial charge in [-0.25, -0.2) is 0 Å². The normalized spacial score (nSPS) is 10.6. The Labute approximate surface area is 89.6 Å². The maximum absolute atomic E-state index is 10.5. The summed E-state index contributed by atoms with van der Waals surface area (Å²) in [5.74, 6) is -0.276. The minimum absolute atomic E-state index is 0.276. The summed E-state index contributed by atoms with van der Waals surface area (Å²) in [6.45, 7) is 5.37. The Kier molecular flexibility index (Phi) is 3.85. The molecule has 0 aliphatic rings. The second-order valence-electron chi connectivity index (χ2n) is 3.67. The second kappa shape index (κ2) is 4.93. The smallest absolute Gasteiger partial charge is 0.218 e. The van der Waals surface area contributed by atoms with Gasteiger partial charge in [-0.2, -0.15) is 5.10 Å². The van der Waals surface area contributed by atoms with Crippen LogP contribution in [0.1, 0.15) is 23.4 Å². The van der Waals surface area contributed by atoms with Gasteiger partial charge < -0.3 is 11.1 Å². The van der Waals surface area contributed by atoms with Gasteiger partial charge in [0.15, 0.2) is 0 Å². The third-order valence-corrected chi connectivity index (χ3v) is 2.51. The van der Waals surface area contributed by atoms with E-state index < -0.39 is 0 Å². The van der Waals surface area contributed by atoms with Crippen molar-refractivity contribution < 1.29 is 4.79 Å². The maximum atomic E-state index is 10.5. The summed E-state index contributed by atoms with van der Waals surface area (Å²) in [4.78, 5) is 10.5. The van der Waals surface area contributed by atoms with E-state index in [9.17, 15) is 4.79 Å². The lowest BCUT2D eigenvalue weighted by molar-refractivity contribution is -0.117. The molecule has 1 rings (SSSR count). The number of carbonyl (C=O) groups excluding carboxylic acids is 1. The summed E-state index contributed by atoms with van der Waals surface area (Å²) in [6, 6.07) is 0. The highest BCUT2D eigenvalue weighted by atomic mass is 16.1. The lowest BCUT2D eigenvalue weighted by Crippen LogP contribution is -2.22. The first-order valence-electron chi connectivity index (χ1n) is 5.00. The molecule has 0 atom stereocenters. The molecule has 0 fully saturated rings. The van der Waals surface area contributed by atoms with Gasteiger partial charge in [0.25, 0.3) is 0 Å². The lowest BCUT2D eigenvalue weighted by atomic mass is 10.2. The topological polar surface area (TPSA) is 72.9 Å². The number of rotatable bonds is 5. The molecule has 0 aromatic carbocycles. The molecule has 0 aliphatic carbocycles. The van der Waals surface area contributed by atoms with Crippen LogP contribution in [-0.4, -0.2) is 22.2 Å². The van der Waals surface area contributed by atoms with Crippen LogP contribution in [0.3, 0.4) is 0 Å². The van der Waals surface area contributed by atoms with Gasteiger partial charge in [0.05, 0.1) is 5.69 Å². The highest BCUT2D eigenvalue weighted by Gasteiger charge is 2.08. The van der Waals surface area contributed by atoms with E-state index in [4.69, 9.17) is 5.73 Å². The van der Waals surface area contributed by atoms with Crippen molar-refractivity contribution >= 4 is 5.91 Å². The number of nitrogens with two attached hydrogens (primary N) is 1. The molecule has 15 heavy (non-hydrogen) atoms. The van der Waals surface area contributed by atoms with E-state index in [2.05, 4.69) is 10.4 Å². The van der Waals surface area contributed by atoms with Crippen molar-refractivity contribution in [3.05, 3.63) is 17.0 Å². The molecule has 84 valence electrons. The Morgan fingerprint density at radius 3 is 2.67 bits per heavy atom. The number of nitrogens with one attached hydrogen (secondary N) is 1. The quantitative estimate of drug-likeness (QED) is 0.672. The SMILES string of the molecule is Cc1nn(C)c(C)c1CNCCC(N)=O. The van der Waals surface area contributed by atoms with Crippen LogP contribution in [0.5, 0.6) is 0 Å². The first kappa shape index (κ1) is 11.7. The highest BCUT2D eigenvalue weighted by molar-refractivity contribution is 5.73. The Bertz CT molecular complexity index is 357. The summed E-state index contributed by atoms with van der Waals surface area (Å²) in [6.07, 6.45) is 0.373. The molecule has 5 nitrogen and oxygen atoms in total. The minimum atomic E-state index is -0.276. The number of hydrogen-bond acceptors (Lipinski definition) is 3. The van der Waals surface area contributed by atoms with Gasteiger partial charge in [-0.3, -0.25) is 9.48 Å². The predicted octanol–water partition coefficient (Wildman–Crippen LogP) is 0.00194. The number of aryl methyl sites for hydroxylation is 2. The third kappa shape index (κ3) is 3.06. The Morgan fingerprint density at radius 2 is 2.20 bits per heavy atom.